The Morgan fingerprint density at radius 1 is 1.34 bits per heavy atom. The van der Waals surface area contributed by atoms with Crippen LogP contribution in [0.25, 0.3) is 0 Å². The molecule has 1 atom stereocenters. The van der Waals surface area contributed by atoms with E-state index in [0.29, 0.717) is 29.8 Å². The van der Waals surface area contributed by atoms with Crippen molar-refractivity contribution in [3.05, 3.63) is 69.7 Å². The Morgan fingerprint density at radius 3 is 2.60 bits per heavy atom. The number of carbonyl (C=O) groups is 1. The SMILES string of the molecule is C=N/N=C(/C)N1C=C(N(C)C(/C(C(=N)C=O)=C(\CC)NCCCC)c2ccc(Cl)cc2)C=C(C)C1. The van der Waals surface area contributed by atoms with Gasteiger partial charge in [0, 0.05) is 49.3 Å². The van der Waals surface area contributed by atoms with Crippen molar-refractivity contribution in [2.24, 2.45) is 10.2 Å². The van der Waals surface area contributed by atoms with E-state index in [0.717, 1.165) is 47.8 Å². The lowest BCUT2D eigenvalue weighted by molar-refractivity contribution is -0.102. The van der Waals surface area contributed by atoms with Crippen molar-refractivity contribution in [3.63, 3.8) is 0 Å². The molecule has 1 unspecified atom stereocenters. The lowest BCUT2D eigenvalue weighted by Crippen LogP contribution is -2.35. The van der Waals surface area contributed by atoms with Crippen molar-refractivity contribution in [3.8, 4) is 0 Å². The van der Waals surface area contributed by atoms with Gasteiger partial charge in [-0.15, -0.1) is 5.10 Å². The third-order valence-corrected chi connectivity index (χ3v) is 6.19. The molecular formula is C27H37ClN6O. The zero-order valence-corrected chi connectivity index (χ0v) is 22.2. The maximum Gasteiger partial charge on any atom is 0.168 e. The number of benzene rings is 1. The van der Waals surface area contributed by atoms with Crippen molar-refractivity contribution in [1.29, 1.82) is 5.41 Å². The van der Waals surface area contributed by atoms with Gasteiger partial charge in [-0.3, -0.25) is 10.2 Å². The topological polar surface area (TPSA) is 84.2 Å². The largest absolute Gasteiger partial charge is 0.388 e. The first kappa shape index (κ1) is 28.1. The highest BCUT2D eigenvalue weighted by atomic mass is 35.5. The smallest absolute Gasteiger partial charge is 0.168 e. The van der Waals surface area contributed by atoms with Crippen LogP contribution in [0.5, 0.6) is 0 Å². The number of carbonyl (C=O) groups excluding carboxylic acids is 1. The zero-order valence-electron chi connectivity index (χ0n) is 21.4. The quantitative estimate of drug-likeness (QED) is 0.127. The molecule has 0 saturated heterocycles. The summed E-state index contributed by atoms with van der Waals surface area (Å²) in [6.45, 7) is 13.1. The zero-order chi connectivity index (χ0) is 26.0. The average molecular weight is 497 g/mol. The van der Waals surface area contributed by atoms with Crippen molar-refractivity contribution >= 4 is 36.2 Å². The summed E-state index contributed by atoms with van der Waals surface area (Å²) >= 11 is 6.20. The summed E-state index contributed by atoms with van der Waals surface area (Å²) in [5.74, 6) is 0.730. The fourth-order valence-electron chi connectivity index (χ4n) is 4.11. The molecule has 35 heavy (non-hydrogen) atoms. The van der Waals surface area contributed by atoms with E-state index in [1.165, 1.54) is 0 Å². The van der Waals surface area contributed by atoms with E-state index in [2.05, 4.69) is 47.1 Å². The second-order valence-corrected chi connectivity index (χ2v) is 9.02. The van der Waals surface area contributed by atoms with Gasteiger partial charge in [0.15, 0.2) is 6.29 Å². The molecule has 0 amide bonds. The number of nitrogens with zero attached hydrogens (tertiary/aromatic N) is 4. The lowest BCUT2D eigenvalue weighted by atomic mass is 9.90. The number of likely N-dealkylation sites (N-methyl/N-ethyl adjacent to an activating group) is 1. The van der Waals surface area contributed by atoms with Gasteiger partial charge in [0.25, 0.3) is 0 Å². The number of nitrogens with one attached hydrogen (secondary N) is 2. The molecule has 1 heterocycles. The molecule has 1 aromatic rings. The highest BCUT2D eigenvalue weighted by molar-refractivity contribution is 6.35. The van der Waals surface area contributed by atoms with Crippen LogP contribution in [0.3, 0.4) is 0 Å². The molecule has 2 N–H and O–H groups in total. The van der Waals surface area contributed by atoms with Gasteiger partial charge in [-0.25, -0.2) is 0 Å². The Kier molecular flexibility index (Phi) is 10.9. The molecule has 1 aliphatic rings. The van der Waals surface area contributed by atoms with Gasteiger partial charge >= 0.3 is 0 Å². The third kappa shape index (κ3) is 7.39. The number of hydrogen-bond acceptors (Lipinski definition) is 6. The van der Waals surface area contributed by atoms with Gasteiger partial charge in [-0.05, 0) is 50.5 Å². The molecule has 0 bridgehead atoms. The third-order valence-electron chi connectivity index (χ3n) is 5.94. The van der Waals surface area contributed by atoms with Crippen LogP contribution < -0.4 is 5.32 Å². The van der Waals surface area contributed by atoms with Crippen LogP contribution in [0.1, 0.15) is 58.6 Å². The first-order chi connectivity index (χ1) is 16.8. The number of hydrogen-bond donors (Lipinski definition) is 2. The number of rotatable bonds is 12. The van der Waals surface area contributed by atoms with E-state index in [1.54, 1.807) is 0 Å². The summed E-state index contributed by atoms with van der Waals surface area (Å²) in [5, 5.41) is 20.5. The van der Waals surface area contributed by atoms with E-state index in [1.807, 2.05) is 56.3 Å². The van der Waals surface area contributed by atoms with Gasteiger partial charge in [0.1, 0.15) is 11.5 Å². The molecule has 7 nitrogen and oxygen atoms in total. The molecule has 0 aromatic heterocycles. The van der Waals surface area contributed by atoms with E-state index >= 15 is 0 Å². The normalized spacial score (nSPS) is 15.5. The number of amidine groups is 1. The highest BCUT2D eigenvalue weighted by Gasteiger charge is 2.29. The van der Waals surface area contributed by atoms with E-state index in [9.17, 15) is 4.79 Å². The van der Waals surface area contributed by atoms with Gasteiger partial charge in [-0.1, -0.05) is 49.6 Å². The van der Waals surface area contributed by atoms with Crippen molar-refractivity contribution in [2.75, 3.05) is 20.1 Å². The van der Waals surface area contributed by atoms with Crippen LogP contribution >= 0.6 is 11.6 Å². The first-order valence-corrected chi connectivity index (χ1v) is 12.3. The maximum atomic E-state index is 12.0. The summed E-state index contributed by atoms with van der Waals surface area (Å²) in [5.41, 5.74) is 4.52. The Bertz CT molecular complexity index is 1040. The molecule has 2 rings (SSSR count). The Hall–Kier alpha value is -3.19. The van der Waals surface area contributed by atoms with Crippen LogP contribution in [-0.2, 0) is 4.79 Å². The van der Waals surface area contributed by atoms with E-state index in [-0.39, 0.29) is 11.8 Å². The van der Waals surface area contributed by atoms with E-state index < -0.39 is 0 Å². The maximum absolute atomic E-state index is 12.0. The van der Waals surface area contributed by atoms with Crippen LogP contribution in [0.4, 0.5) is 0 Å². The number of aldehydes is 1. The minimum Gasteiger partial charge on any atom is -0.388 e. The van der Waals surface area contributed by atoms with Crippen LogP contribution in [-0.4, -0.2) is 54.5 Å². The van der Waals surface area contributed by atoms with Crippen LogP contribution in [0.15, 0.2) is 69.3 Å². The predicted octanol–water partition coefficient (Wildman–Crippen LogP) is 5.72. The minimum absolute atomic E-state index is 0.0415. The summed E-state index contributed by atoms with van der Waals surface area (Å²) in [6, 6.07) is 7.19. The fraction of sp³-hybridized carbons (Fsp3) is 0.407. The number of halogens is 1. The van der Waals surface area contributed by atoms with Crippen molar-refractivity contribution in [1.82, 2.24) is 15.1 Å². The Balaban J connectivity index is 2.70. The summed E-state index contributed by atoms with van der Waals surface area (Å²) in [6.07, 6.45) is 7.48. The average Bonchev–Trinajstić information content (AvgIpc) is 2.85. The molecule has 1 aromatic carbocycles. The Labute approximate surface area is 214 Å². The van der Waals surface area contributed by atoms with Crippen LogP contribution in [0, 0.1) is 5.41 Å². The van der Waals surface area contributed by atoms with Gasteiger partial charge in [0.05, 0.1) is 11.7 Å². The molecule has 8 heteroatoms. The minimum atomic E-state index is -0.390. The summed E-state index contributed by atoms with van der Waals surface area (Å²) in [7, 11) is 1.98. The highest BCUT2D eigenvalue weighted by Crippen LogP contribution is 2.35. The molecule has 188 valence electrons. The molecule has 0 saturated carbocycles. The predicted molar refractivity (Wildman–Crippen MR) is 147 cm³/mol. The standard InChI is InChI=1S/C27H37ClN6O/c1-7-9-14-31-25(8-2)26(24(29)18-35)27(21-10-12-22(28)13-11-21)33(6)23-15-19(3)16-34(17-23)20(4)32-30-5/h10-13,15,17-18,27,29,31H,5,7-9,14,16H2,1-4,6H3/b26-25+,29-24?,32-20-. The second kappa shape index (κ2) is 13.6. The van der Waals surface area contributed by atoms with Gasteiger partial charge in [-0.2, -0.15) is 5.10 Å². The molecule has 0 fully saturated rings. The number of allylic oxidation sites excluding steroid dienone is 2. The van der Waals surface area contributed by atoms with Crippen molar-refractivity contribution in [2.45, 2.75) is 53.0 Å². The van der Waals surface area contributed by atoms with E-state index in [4.69, 9.17) is 17.0 Å². The second-order valence-electron chi connectivity index (χ2n) is 8.58. The molecule has 0 radical (unpaired) electrons. The molecule has 0 aliphatic carbocycles. The first-order valence-electron chi connectivity index (χ1n) is 11.9. The number of unbranched alkanes of at least 4 members (excludes halogenated alkanes) is 1. The fourth-order valence-corrected chi connectivity index (χ4v) is 4.24. The Morgan fingerprint density at radius 2 is 2.03 bits per heavy atom. The monoisotopic (exact) mass is 496 g/mol. The molecule has 1 aliphatic heterocycles. The van der Waals surface area contributed by atoms with Crippen LogP contribution in [0.2, 0.25) is 5.02 Å². The van der Waals surface area contributed by atoms with Crippen molar-refractivity contribution < 1.29 is 4.79 Å². The molecular weight excluding hydrogens is 460 g/mol. The summed E-state index contributed by atoms with van der Waals surface area (Å²) in [4.78, 5) is 16.1. The molecule has 0 spiro atoms. The lowest BCUT2D eigenvalue weighted by Gasteiger charge is -2.37. The summed E-state index contributed by atoms with van der Waals surface area (Å²) < 4.78 is 0. The van der Waals surface area contributed by atoms with Gasteiger partial charge < -0.3 is 15.1 Å². The van der Waals surface area contributed by atoms with Gasteiger partial charge in [0.2, 0.25) is 0 Å².